The van der Waals surface area contributed by atoms with Gasteiger partial charge in [0.2, 0.25) is 0 Å². The first-order valence-corrected chi connectivity index (χ1v) is 8.68. The molecule has 1 aliphatic rings. The van der Waals surface area contributed by atoms with E-state index in [0.29, 0.717) is 12.1 Å². The molecule has 0 spiro atoms. The molecular formula is C20H24F2N2O. The van der Waals surface area contributed by atoms with Gasteiger partial charge in [-0.3, -0.25) is 4.90 Å². The molecule has 0 saturated carbocycles. The van der Waals surface area contributed by atoms with E-state index in [9.17, 15) is 8.78 Å². The van der Waals surface area contributed by atoms with Gasteiger partial charge in [-0.25, -0.2) is 8.78 Å². The number of halogens is 2. The second-order valence-corrected chi connectivity index (χ2v) is 6.46. The molecule has 0 aromatic heterocycles. The molecule has 2 aromatic rings. The summed E-state index contributed by atoms with van der Waals surface area (Å²) in [4.78, 5) is 2.38. The maximum Gasteiger partial charge on any atom is 0.126 e. The van der Waals surface area contributed by atoms with Crippen LogP contribution in [0.3, 0.4) is 0 Å². The molecule has 0 aliphatic carbocycles. The van der Waals surface area contributed by atoms with E-state index in [4.69, 9.17) is 4.74 Å². The Labute approximate surface area is 147 Å². The highest BCUT2D eigenvalue weighted by Crippen LogP contribution is 2.18. The van der Waals surface area contributed by atoms with Crippen molar-refractivity contribution in [3.63, 3.8) is 0 Å². The first-order chi connectivity index (χ1) is 12.1. The van der Waals surface area contributed by atoms with Gasteiger partial charge in [-0.05, 0) is 35.7 Å². The minimum Gasteiger partial charge on any atom is -0.379 e. The minimum absolute atomic E-state index is 0.137. The standard InChI is InChI=1S/C20H24F2N2O/c1-15(18-10-19(21)12-20(22)11-18)23-13-16-4-2-3-5-17(16)14-24-6-8-25-9-7-24/h2-5,10-12,15,23H,6-9,13-14H2,1H3. The maximum atomic E-state index is 13.4. The van der Waals surface area contributed by atoms with E-state index in [2.05, 4.69) is 22.3 Å². The summed E-state index contributed by atoms with van der Waals surface area (Å²) < 4.78 is 32.2. The van der Waals surface area contributed by atoms with E-state index in [-0.39, 0.29) is 6.04 Å². The van der Waals surface area contributed by atoms with Gasteiger partial charge in [-0.15, -0.1) is 0 Å². The van der Waals surface area contributed by atoms with Gasteiger partial charge in [0.1, 0.15) is 11.6 Å². The second-order valence-electron chi connectivity index (χ2n) is 6.46. The zero-order valence-electron chi connectivity index (χ0n) is 14.5. The van der Waals surface area contributed by atoms with Crippen molar-refractivity contribution in [1.82, 2.24) is 10.2 Å². The van der Waals surface area contributed by atoms with Gasteiger partial charge in [-0.2, -0.15) is 0 Å². The highest BCUT2D eigenvalue weighted by Gasteiger charge is 2.14. The van der Waals surface area contributed by atoms with Crippen LogP contribution < -0.4 is 5.32 Å². The molecule has 0 amide bonds. The molecule has 1 fully saturated rings. The number of hydrogen-bond acceptors (Lipinski definition) is 3. The van der Waals surface area contributed by atoms with Crippen molar-refractivity contribution in [1.29, 1.82) is 0 Å². The molecule has 1 N–H and O–H groups in total. The first kappa shape index (κ1) is 18.0. The van der Waals surface area contributed by atoms with Gasteiger partial charge in [0.15, 0.2) is 0 Å². The van der Waals surface area contributed by atoms with Gasteiger partial charge in [0, 0.05) is 38.3 Å². The third-order valence-corrected chi connectivity index (χ3v) is 4.60. The van der Waals surface area contributed by atoms with E-state index in [1.54, 1.807) is 0 Å². The lowest BCUT2D eigenvalue weighted by molar-refractivity contribution is 0.0340. The van der Waals surface area contributed by atoms with Crippen molar-refractivity contribution in [2.45, 2.75) is 26.1 Å². The number of rotatable bonds is 6. The molecule has 134 valence electrons. The first-order valence-electron chi connectivity index (χ1n) is 8.68. The Bertz CT molecular complexity index is 682. The van der Waals surface area contributed by atoms with E-state index < -0.39 is 11.6 Å². The summed E-state index contributed by atoms with van der Waals surface area (Å²) in [5.74, 6) is -1.09. The molecule has 1 saturated heterocycles. The SMILES string of the molecule is CC(NCc1ccccc1CN1CCOCC1)c1cc(F)cc(F)c1. The topological polar surface area (TPSA) is 24.5 Å². The van der Waals surface area contributed by atoms with Crippen LogP contribution in [-0.4, -0.2) is 31.2 Å². The second kappa shape index (κ2) is 8.52. The van der Waals surface area contributed by atoms with Crippen LogP contribution >= 0.6 is 0 Å². The fourth-order valence-electron chi connectivity index (χ4n) is 3.09. The van der Waals surface area contributed by atoms with Crippen LogP contribution in [0.4, 0.5) is 8.78 Å². The molecule has 2 aromatic carbocycles. The number of morpholine rings is 1. The van der Waals surface area contributed by atoms with Crippen molar-refractivity contribution < 1.29 is 13.5 Å². The zero-order valence-corrected chi connectivity index (χ0v) is 14.5. The molecule has 1 atom stereocenters. The quantitative estimate of drug-likeness (QED) is 0.864. The molecule has 1 aliphatic heterocycles. The summed E-state index contributed by atoms with van der Waals surface area (Å²) in [6.45, 7) is 6.91. The monoisotopic (exact) mass is 346 g/mol. The highest BCUT2D eigenvalue weighted by molar-refractivity contribution is 5.28. The Hall–Kier alpha value is -1.82. The average Bonchev–Trinajstić information content (AvgIpc) is 2.61. The summed E-state index contributed by atoms with van der Waals surface area (Å²) in [6, 6.07) is 11.8. The summed E-state index contributed by atoms with van der Waals surface area (Å²) in [7, 11) is 0. The number of benzene rings is 2. The third-order valence-electron chi connectivity index (χ3n) is 4.60. The lowest BCUT2D eigenvalue weighted by atomic mass is 10.0. The van der Waals surface area contributed by atoms with E-state index in [0.717, 1.165) is 38.9 Å². The van der Waals surface area contributed by atoms with Crippen LogP contribution in [0.25, 0.3) is 0 Å². The van der Waals surface area contributed by atoms with Crippen molar-refractivity contribution >= 4 is 0 Å². The van der Waals surface area contributed by atoms with Crippen LogP contribution in [0.1, 0.15) is 29.7 Å². The Morgan fingerprint density at radius 2 is 1.68 bits per heavy atom. The molecule has 3 rings (SSSR count). The van der Waals surface area contributed by atoms with Crippen molar-refractivity contribution in [3.05, 3.63) is 70.8 Å². The van der Waals surface area contributed by atoms with Gasteiger partial charge in [0.25, 0.3) is 0 Å². The Morgan fingerprint density at radius 3 is 2.36 bits per heavy atom. The molecule has 5 heteroatoms. The van der Waals surface area contributed by atoms with Crippen LogP contribution in [-0.2, 0) is 17.8 Å². The zero-order chi connectivity index (χ0) is 17.6. The molecule has 1 unspecified atom stereocenters. The summed E-state index contributed by atoms with van der Waals surface area (Å²) in [5.41, 5.74) is 3.09. The molecule has 1 heterocycles. The fourth-order valence-corrected chi connectivity index (χ4v) is 3.09. The van der Waals surface area contributed by atoms with E-state index >= 15 is 0 Å². The molecular weight excluding hydrogens is 322 g/mol. The van der Waals surface area contributed by atoms with Crippen LogP contribution in [0, 0.1) is 11.6 Å². The largest absolute Gasteiger partial charge is 0.379 e. The van der Waals surface area contributed by atoms with Gasteiger partial charge in [0.05, 0.1) is 13.2 Å². The van der Waals surface area contributed by atoms with Crippen LogP contribution in [0.2, 0.25) is 0 Å². The van der Waals surface area contributed by atoms with Gasteiger partial charge < -0.3 is 10.1 Å². The number of hydrogen-bond donors (Lipinski definition) is 1. The number of nitrogens with zero attached hydrogens (tertiary/aromatic N) is 1. The minimum atomic E-state index is -0.545. The fraction of sp³-hybridized carbons (Fsp3) is 0.400. The van der Waals surface area contributed by atoms with Gasteiger partial charge in [-0.1, -0.05) is 24.3 Å². The summed E-state index contributed by atoms with van der Waals surface area (Å²) in [6.07, 6.45) is 0. The van der Waals surface area contributed by atoms with Crippen LogP contribution in [0.15, 0.2) is 42.5 Å². The summed E-state index contributed by atoms with van der Waals surface area (Å²) >= 11 is 0. The number of nitrogens with one attached hydrogen (secondary N) is 1. The molecule has 25 heavy (non-hydrogen) atoms. The molecule has 0 radical (unpaired) electrons. The maximum absolute atomic E-state index is 13.4. The van der Waals surface area contributed by atoms with Crippen molar-refractivity contribution in [2.24, 2.45) is 0 Å². The average molecular weight is 346 g/mol. The van der Waals surface area contributed by atoms with Crippen molar-refractivity contribution in [3.8, 4) is 0 Å². The summed E-state index contributed by atoms with van der Waals surface area (Å²) in [5, 5.41) is 3.37. The predicted octanol–water partition coefficient (Wildman–Crippen LogP) is 3.65. The van der Waals surface area contributed by atoms with E-state index in [1.807, 2.05) is 19.1 Å². The molecule has 3 nitrogen and oxygen atoms in total. The predicted molar refractivity (Wildman–Crippen MR) is 94.2 cm³/mol. The Kier molecular flexibility index (Phi) is 6.13. The van der Waals surface area contributed by atoms with Gasteiger partial charge >= 0.3 is 0 Å². The Balaban J connectivity index is 1.64. The lowest BCUT2D eigenvalue weighted by Crippen LogP contribution is -2.36. The smallest absolute Gasteiger partial charge is 0.126 e. The normalized spacial score (nSPS) is 16.8. The van der Waals surface area contributed by atoms with Crippen LogP contribution in [0.5, 0.6) is 0 Å². The molecule has 0 bridgehead atoms. The Morgan fingerprint density at radius 1 is 1.04 bits per heavy atom. The van der Waals surface area contributed by atoms with Crippen molar-refractivity contribution in [2.75, 3.05) is 26.3 Å². The van der Waals surface area contributed by atoms with E-state index in [1.165, 1.54) is 23.3 Å². The number of ether oxygens (including phenoxy) is 1. The third kappa shape index (κ3) is 5.08. The highest BCUT2D eigenvalue weighted by atomic mass is 19.1. The lowest BCUT2D eigenvalue weighted by Gasteiger charge is -2.27.